The van der Waals surface area contributed by atoms with Gasteiger partial charge in [-0.2, -0.15) is 0 Å². The van der Waals surface area contributed by atoms with Gasteiger partial charge in [0, 0.05) is 29.7 Å². The minimum atomic E-state index is -0.141. The van der Waals surface area contributed by atoms with Crippen LogP contribution >= 0.6 is 11.3 Å². The maximum atomic E-state index is 12.3. The summed E-state index contributed by atoms with van der Waals surface area (Å²) in [5.41, 5.74) is 1.75. The third-order valence-electron chi connectivity index (χ3n) is 3.96. The molecule has 0 fully saturated rings. The monoisotopic (exact) mass is 360 g/mol. The van der Waals surface area contributed by atoms with Crippen LogP contribution in [0, 0.1) is 13.8 Å². The van der Waals surface area contributed by atoms with Gasteiger partial charge < -0.3 is 15.0 Å². The van der Waals surface area contributed by atoms with Crippen molar-refractivity contribution in [2.24, 2.45) is 0 Å². The summed E-state index contributed by atoms with van der Waals surface area (Å²) in [4.78, 5) is 27.8. The van der Waals surface area contributed by atoms with E-state index in [0.717, 1.165) is 10.4 Å². The number of hydrogen-bond donors (Lipinski definition) is 1. The minimum Gasteiger partial charge on any atom is -0.484 e. The number of ether oxygens (including phenoxy) is 1. The predicted molar refractivity (Wildman–Crippen MR) is 102 cm³/mol. The second kappa shape index (κ2) is 8.67. The number of nitrogens with zero attached hydrogens (tertiary/aromatic N) is 1. The topological polar surface area (TPSA) is 58.6 Å². The summed E-state index contributed by atoms with van der Waals surface area (Å²) < 4.78 is 5.56. The fourth-order valence-electron chi connectivity index (χ4n) is 2.35. The third-order valence-corrected chi connectivity index (χ3v) is 5.11. The Kier molecular flexibility index (Phi) is 6.58. The molecule has 0 aliphatic heterocycles. The molecule has 0 aliphatic carbocycles. The van der Waals surface area contributed by atoms with Gasteiger partial charge in [0.05, 0.1) is 4.88 Å². The van der Waals surface area contributed by atoms with Crippen LogP contribution < -0.4 is 10.1 Å². The van der Waals surface area contributed by atoms with Crippen molar-refractivity contribution in [1.29, 1.82) is 0 Å². The lowest BCUT2D eigenvalue weighted by atomic mass is 10.2. The molecule has 1 aromatic carbocycles. The fraction of sp³-hybridized carbons (Fsp3) is 0.368. The summed E-state index contributed by atoms with van der Waals surface area (Å²) in [7, 11) is 0. The summed E-state index contributed by atoms with van der Waals surface area (Å²) in [5, 5.41) is 2.87. The Morgan fingerprint density at radius 3 is 2.48 bits per heavy atom. The average molecular weight is 360 g/mol. The van der Waals surface area contributed by atoms with Crippen molar-refractivity contribution in [3.05, 3.63) is 45.6 Å². The molecule has 0 aliphatic rings. The Balaban J connectivity index is 1.98. The van der Waals surface area contributed by atoms with Gasteiger partial charge in [0.25, 0.3) is 11.8 Å². The molecule has 134 valence electrons. The largest absolute Gasteiger partial charge is 0.484 e. The van der Waals surface area contributed by atoms with Crippen molar-refractivity contribution in [2.45, 2.75) is 27.7 Å². The number of hydrogen-bond acceptors (Lipinski definition) is 4. The van der Waals surface area contributed by atoms with Crippen molar-refractivity contribution >= 4 is 28.8 Å². The Morgan fingerprint density at radius 1 is 1.16 bits per heavy atom. The number of thiophene rings is 1. The highest BCUT2D eigenvalue weighted by Crippen LogP contribution is 2.23. The lowest BCUT2D eigenvalue weighted by molar-refractivity contribution is -0.132. The van der Waals surface area contributed by atoms with Crippen LogP contribution in [-0.4, -0.2) is 36.4 Å². The maximum Gasteiger partial charge on any atom is 0.265 e. The van der Waals surface area contributed by atoms with E-state index in [1.54, 1.807) is 29.2 Å². The highest BCUT2D eigenvalue weighted by Gasteiger charge is 2.12. The quantitative estimate of drug-likeness (QED) is 0.815. The van der Waals surface area contributed by atoms with Gasteiger partial charge >= 0.3 is 0 Å². The highest BCUT2D eigenvalue weighted by molar-refractivity contribution is 7.14. The molecule has 0 radical (unpaired) electrons. The molecular weight excluding hydrogens is 336 g/mol. The predicted octanol–water partition coefficient (Wildman–Crippen LogP) is 3.86. The van der Waals surface area contributed by atoms with Crippen LogP contribution in [0.2, 0.25) is 0 Å². The van der Waals surface area contributed by atoms with Gasteiger partial charge in [0.15, 0.2) is 6.61 Å². The number of anilines is 1. The zero-order chi connectivity index (χ0) is 18.4. The van der Waals surface area contributed by atoms with E-state index in [1.807, 2.05) is 33.8 Å². The van der Waals surface area contributed by atoms with Crippen LogP contribution in [0.1, 0.15) is 34.0 Å². The van der Waals surface area contributed by atoms with E-state index in [4.69, 9.17) is 4.74 Å². The van der Waals surface area contributed by atoms with Gasteiger partial charge in [0.1, 0.15) is 5.75 Å². The smallest absolute Gasteiger partial charge is 0.265 e. The van der Waals surface area contributed by atoms with Crippen LogP contribution in [0.3, 0.4) is 0 Å². The highest BCUT2D eigenvalue weighted by atomic mass is 32.1. The van der Waals surface area contributed by atoms with Gasteiger partial charge in [-0.1, -0.05) is 6.07 Å². The number of nitrogens with one attached hydrogen (secondary N) is 1. The molecule has 0 bridgehead atoms. The second-order valence-electron chi connectivity index (χ2n) is 5.69. The van der Waals surface area contributed by atoms with Crippen molar-refractivity contribution in [1.82, 2.24) is 4.90 Å². The van der Waals surface area contributed by atoms with Gasteiger partial charge in [-0.05, 0) is 51.5 Å². The van der Waals surface area contributed by atoms with Crippen LogP contribution in [0.5, 0.6) is 5.75 Å². The first-order chi connectivity index (χ1) is 11.9. The lowest BCUT2D eigenvalue weighted by Gasteiger charge is -2.18. The Bertz CT molecular complexity index is 731. The summed E-state index contributed by atoms with van der Waals surface area (Å²) in [6.45, 7) is 9.17. The molecular formula is C19H24N2O3S. The molecule has 2 amide bonds. The van der Waals surface area contributed by atoms with Crippen LogP contribution in [0.4, 0.5) is 5.69 Å². The van der Waals surface area contributed by atoms with E-state index in [0.29, 0.717) is 29.4 Å². The zero-order valence-corrected chi connectivity index (χ0v) is 15.9. The molecule has 2 aromatic rings. The minimum absolute atomic E-state index is 0.0115. The van der Waals surface area contributed by atoms with Crippen molar-refractivity contribution in [3.8, 4) is 5.75 Å². The fourth-order valence-corrected chi connectivity index (χ4v) is 3.28. The zero-order valence-electron chi connectivity index (χ0n) is 15.1. The molecule has 0 atom stereocenters. The van der Waals surface area contributed by atoms with E-state index < -0.39 is 0 Å². The summed E-state index contributed by atoms with van der Waals surface area (Å²) in [6, 6.07) is 8.96. The van der Waals surface area contributed by atoms with Crippen molar-refractivity contribution < 1.29 is 14.3 Å². The Morgan fingerprint density at radius 2 is 1.88 bits per heavy atom. The first-order valence-electron chi connectivity index (χ1n) is 8.33. The number of carbonyl (C=O) groups excluding carboxylic acids is 2. The maximum absolute atomic E-state index is 12.3. The van der Waals surface area contributed by atoms with Gasteiger partial charge in [-0.3, -0.25) is 9.59 Å². The van der Waals surface area contributed by atoms with Crippen molar-refractivity contribution in [3.63, 3.8) is 0 Å². The second-order valence-corrected chi connectivity index (χ2v) is 6.94. The number of likely N-dealkylation sites (N-methyl/N-ethyl adjacent to an activating group) is 1. The molecule has 0 unspecified atom stereocenters. The lowest BCUT2D eigenvalue weighted by Crippen LogP contribution is -2.34. The number of benzene rings is 1. The third kappa shape index (κ3) is 5.06. The van der Waals surface area contributed by atoms with Gasteiger partial charge in [-0.15, -0.1) is 11.3 Å². The van der Waals surface area contributed by atoms with Crippen LogP contribution in [0.25, 0.3) is 0 Å². The van der Waals surface area contributed by atoms with E-state index >= 15 is 0 Å². The van der Waals surface area contributed by atoms with Crippen LogP contribution in [-0.2, 0) is 4.79 Å². The average Bonchev–Trinajstić information content (AvgIpc) is 2.94. The Hall–Kier alpha value is -2.34. The number of rotatable bonds is 7. The van der Waals surface area contributed by atoms with Gasteiger partial charge in [0.2, 0.25) is 0 Å². The molecule has 1 N–H and O–H groups in total. The van der Waals surface area contributed by atoms with E-state index in [1.165, 1.54) is 11.3 Å². The SMILES string of the molecule is CCN(CC)C(=O)COc1cccc(NC(=O)c2cc(C)c(C)s2)c1. The van der Waals surface area contributed by atoms with Gasteiger partial charge in [-0.25, -0.2) is 0 Å². The van der Waals surface area contributed by atoms with Crippen LogP contribution in [0.15, 0.2) is 30.3 Å². The molecule has 1 aromatic heterocycles. The number of carbonyl (C=O) groups is 2. The molecule has 0 saturated carbocycles. The van der Waals surface area contributed by atoms with E-state index in [2.05, 4.69) is 5.32 Å². The standard InChI is InChI=1S/C19H24N2O3S/c1-5-21(6-2)18(22)12-24-16-9-7-8-15(11-16)20-19(23)17-10-13(3)14(4)25-17/h7-11H,5-6,12H2,1-4H3,(H,20,23). The molecule has 1 heterocycles. The molecule has 25 heavy (non-hydrogen) atoms. The summed E-state index contributed by atoms with van der Waals surface area (Å²) in [6.07, 6.45) is 0. The molecule has 5 nitrogen and oxygen atoms in total. The van der Waals surface area contributed by atoms with Crippen molar-refractivity contribution in [2.75, 3.05) is 25.0 Å². The normalized spacial score (nSPS) is 10.4. The first kappa shape index (κ1) is 19.0. The van der Waals surface area contributed by atoms with E-state index in [9.17, 15) is 9.59 Å². The summed E-state index contributed by atoms with van der Waals surface area (Å²) in [5.74, 6) is 0.360. The summed E-state index contributed by atoms with van der Waals surface area (Å²) >= 11 is 1.47. The van der Waals surface area contributed by atoms with E-state index in [-0.39, 0.29) is 18.4 Å². The molecule has 0 spiro atoms. The molecule has 2 rings (SSSR count). The Labute approximate surface area is 152 Å². The molecule has 0 saturated heterocycles. The number of aryl methyl sites for hydroxylation is 2. The molecule has 6 heteroatoms. The first-order valence-corrected chi connectivity index (χ1v) is 9.15. The number of amides is 2.